The van der Waals surface area contributed by atoms with Gasteiger partial charge in [-0.15, -0.1) is 0 Å². The number of carbonyl (C=O) groups is 2. The highest BCUT2D eigenvalue weighted by molar-refractivity contribution is 9.10. The first-order valence-corrected chi connectivity index (χ1v) is 9.77. The molecule has 7 heteroatoms. The lowest BCUT2D eigenvalue weighted by Gasteiger charge is -2.13. The van der Waals surface area contributed by atoms with Gasteiger partial charge in [-0.05, 0) is 71.1 Å². The molecule has 0 aliphatic heterocycles. The smallest absolute Gasteiger partial charge is 0.276 e. The maximum Gasteiger partial charge on any atom is 0.276 e. The van der Waals surface area contributed by atoms with Gasteiger partial charge in [-0.1, -0.05) is 26.0 Å². The molecule has 0 saturated carbocycles. The fraction of sp³-hybridized carbons (Fsp3) is 0.333. The van der Waals surface area contributed by atoms with Crippen LogP contribution in [0.25, 0.3) is 0 Å². The summed E-state index contributed by atoms with van der Waals surface area (Å²) in [6.07, 6.45) is 0. The average molecular weight is 449 g/mol. The van der Waals surface area contributed by atoms with Gasteiger partial charge in [0.25, 0.3) is 11.8 Å². The molecule has 0 atom stereocenters. The van der Waals surface area contributed by atoms with Crippen molar-refractivity contribution in [1.82, 2.24) is 10.9 Å². The number of carbonyl (C=O) groups excluding carboxylic acids is 2. The molecular formula is C21H25BrN2O4. The van der Waals surface area contributed by atoms with Crippen LogP contribution in [0.3, 0.4) is 0 Å². The number of hydrazine groups is 1. The van der Waals surface area contributed by atoms with E-state index in [4.69, 9.17) is 9.47 Å². The summed E-state index contributed by atoms with van der Waals surface area (Å²) >= 11 is 3.40. The summed E-state index contributed by atoms with van der Waals surface area (Å²) in [5.74, 6) is 0.816. The van der Waals surface area contributed by atoms with Gasteiger partial charge in [0.2, 0.25) is 0 Å². The average Bonchev–Trinajstić information content (AvgIpc) is 2.66. The molecule has 0 unspecified atom stereocenters. The lowest BCUT2D eigenvalue weighted by atomic mass is 10.1. The minimum Gasteiger partial charge on any atom is -0.492 e. The third kappa shape index (κ3) is 6.27. The SMILES string of the molecule is Cc1cccc(OCC(=O)NNC(=O)c2ccc(OCC(C)C)c(Br)c2)c1C. The van der Waals surface area contributed by atoms with E-state index in [-0.39, 0.29) is 6.61 Å². The van der Waals surface area contributed by atoms with E-state index in [0.29, 0.717) is 34.1 Å². The minimum absolute atomic E-state index is 0.198. The Labute approximate surface area is 173 Å². The van der Waals surface area contributed by atoms with Crippen LogP contribution in [0.1, 0.15) is 35.3 Å². The summed E-state index contributed by atoms with van der Waals surface area (Å²) in [4.78, 5) is 24.2. The highest BCUT2D eigenvalue weighted by Crippen LogP contribution is 2.26. The molecule has 28 heavy (non-hydrogen) atoms. The zero-order chi connectivity index (χ0) is 20.7. The Morgan fingerprint density at radius 2 is 1.79 bits per heavy atom. The summed E-state index contributed by atoms with van der Waals surface area (Å²) in [6.45, 7) is 8.40. The molecule has 0 spiro atoms. The van der Waals surface area contributed by atoms with E-state index in [0.717, 1.165) is 11.1 Å². The molecule has 0 radical (unpaired) electrons. The first-order valence-electron chi connectivity index (χ1n) is 8.98. The summed E-state index contributed by atoms with van der Waals surface area (Å²) < 4.78 is 11.8. The van der Waals surface area contributed by atoms with Crippen molar-refractivity contribution in [3.8, 4) is 11.5 Å². The first-order chi connectivity index (χ1) is 13.3. The van der Waals surface area contributed by atoms with Crippen LogP contribution in [0.2, 0.25) is 0 Å². The maximum absolute atomic E-state index is 12.2. The van der Waals surface area contributed by atoms with Crippen molar-refractivity contribution in [2.24, 2.45) is 5.92 Å². The van der Waals surface area contributed by atoms with Gasteiger partial charge in [0.15, 0.2) is 6.61 Å². The summed E-state index contributed by atoms with van der Waals surface area (Å²) in [5, 5.41) is 0. The lowest BCUT2D eigenvalue weighted by molar-refractivity contribution is -0.123. The predicted molar refractivity (Wildman–Crippen MR) is 111 cm³/mol. The molecule has 0 aromatic heterocycles. The Hall–Kier alpha value is -2.54. The summed E-state index contributed by atoms with van der Waals surface area (Å²) in [6, 6.07) is 10.6. The van der Waals surface area contributed by atoms with Crippen molar-refractivity contribution < 1.29 is 19.1 Å². The largest absolute Gasteiger partial charge is 0.492 e. The van der Waals surface area contributed by atoms with Gasteiger partial charge in [0.05, 0.1) is 11.1 Å². The number of rotatable bonds is 7. The third-order valence-corrected chi connectivity index (χ3v) is 4.62. The molecule has 0 bridgehead atoms. The number of halogens is 1. The van der Waals surface area contributed by atoms with Gasteiger partial charge in [-0.3, -0.25) is 20.4 Å². The Morgan fingerprint density at radius 3 is 2.46 bits per heavy atom. The Bertz CT molecular complexity index is 852. The number of aryl methyl sites for hydroxylation is 1. The first kappa shape index (κ1) is 21.8. The van der Waals surface area contributed by atoms with Crippen LogP contribution in [0, 0.1) is 19.8 Å². The standard InChI is InChI=1S/C21H25BrN2O4/c1-13(2)11-27-19-9-8-16(10-17(19)22)21(26)24-23-20(25)12-28-18-7-5-6-14(3)15(18)4/h5-10,13H,11-12H2,1-4H3,(H,23,25)(H,24,26). The molecule has 2 aromatic rings. The molecule has 150 valence electrons. The van der Waals surface area contributed by atoms with E-state index in [2.05, 4.69) is 40.6 Å². The quantitative estimate of drug-likeness (QED) is 0.628. The van der Waals surface area contributed by atoms with Crippen LogP contribution in [-0.4, -0.2) is 25.0 Å². The molecule has 0 fully saturated rings. The van der Waals surface area contributed by atoms with Crippen molar-refractivity contribution in [3.05, 3.63) is 57.6 Å². The molecule has 0 heterocycles. The molecule has 2 rings (SSSR count). The summed E-state index contributed by atoms with van der Waals surface area (Å²) in [7, 11) is 0. The Balaban J connectivity index is 1.85. The van der Waals surface area contributed by atoms with E-state index in [9.17, 15) is 9.59 Å². The van der Waals surface area contributed by atoms with Crippen LogP contribution in [-0.2, 0) is 4.79 Å². The third-order valence-electron chi connectivity index (χ3n) is 4.00. The van der Waals surface area contributed by atoms with Gasteiger partial charge in [0.1, 0.15) is 11.5 Å². The van der Waals surface area contributed by atoms with Crippen molar-refractivity contribution in [1.29, 1.82) is 0 Å². The highest BCUT2D eigenvalue weighted by atomic mass is 79.9. The van der Waals surface area contributed by atoms with Crippen LogP contribution in [0.4, 0.5) is 0 Å². The Morgan fingerprint density at radius 1 is 1.04 bits per heavy atom. The van der Waals surface area contributed by atoms with Gasteiger partial charge in [-0.25, -0.2) is 0 Å². The normalized spacial score (nSPS) is 10.5. The molecule has 0 aliphatic rings. The van der Waals surface area contributed by atoms with Crippen LogP contribution in [0.15, 0.2) is 40.9 Å². The van der Waals surface area contributed by atoms with Gasteiger partial charge in [-0.2, -0.15) is 0 Å². The second kappa shape index (κ2) is 10.1. The zero-order valence-electron chi connectivity index (χ0n) is 16.5. The van der Waals surface area contributed by atoms with Crippen molar-refractivity contribution in [3.63, 3.8) is 0 Å². The van der Waals surface area contributed by atoms with Gasteiger partial charge >= 0.3 is 0 Å². The number of nitrogens with one attached hydrogen (secondary N) is 2. The zero-order valence-corrected chi connectivity index (χ0v) is 18.1. The summed E-state index contributed by atoms with van der Waals surface area (Å²) in [5.41, 5.74) is 7.17. The van der Waals surface area contributed by atoms with E-state index < -0.39 is 11.8 Å². The van der Waals surface area contributed by atoms with Crippen molar-refractivity contribution in [2.75, 3.05) is 13.2 Å². The van der Waals surface area contributed by atoms with Crippen LogP contribution >= 0.6 is 15.9 Å². The number of ether oxygens (including phenoxy) is 2. The van der Waals surface area contributed by atoms with Gasteiger partial charge < -0.3 is 9.47 Å². The number of benzene rings is 2. The molecular weight excluding hydrogens is 424 g/mol. The van der Waals surface area contributed by atoms with Gasteiger partial charge in [0, 0.05) is 5.56 Å². The molecule has 6 nitrogen and oxygen atoms in total. The second-order valence-corrected chi connectivity index (χ2v) is 7.69. The number of amides is 2. The van der Waals surface area contributed by atoms with E-state index in [1.807, 2.05) is 26.0 Å². The minimum atomic E-state index is -0.454. The molecule has 0 saturated heterocycles. The fourth-order valence-electron chi connectivity index (χ4n) is 2.27. The van der Waals surface area contributed by atoms with E-state index >= 15 is 0 Å². The van der Waals surface area contributed by atoms with E-state index in [1.165, 1.54) is 0 Å². The fourth-order valence-corrected chi connectivity index (χ4v) is 2.77. The Kier molecular flexibility index (Phi) is 7.87. The number of hydrogen-bond acceptors (Lipinski definition) is 4. The molecule has 2 N–H and O–H groups in total. The lowest BCUT2D eigenvalue weighted by Crippen LogP contribution is -2.43. The van der Waals surface area contributed by atoms with Crippen LogP contribution < -0.4 is 20.3 Å². The second-order valence-electron chi connectivity index (χ2n) is 6.84. The van der Waals surface area contributed by atoms with Crippen molar-refractivity contribution >= 4 is 27.7 Å². The molecule has 2 aromatic carbocycles. The topological polar surface area (TPSA) is 76.7 Å². The predicted octanol–water partition coefficient (Wildman–Crippen LogP) is 3.94. The molecule has 0 aliphatic carbocycles. The van der Waals surface area contributed by atoms with Crippen molar-refractivity contribution in [2.45, 2.75) is 27.7 Å². The number of hydrogen-bond donors (Lipinski definition) is 2. The monoisotopic (exact) mass is 448 g/mol. The van der Waals surface area contributed by atoms with Crippen LogP contribution in [0.5, 0.6) is 11.5 Å². The highest BCUT2D eigenvalue weighted by Gasteiger charge is 2.12. The maximum atomic E-state index is 12.2. The van der Waals surface area contributed by atoms with E-state index in [1.54, 1.807) is 24.3 Å². The molecule has 2 amide bonds.